The third kappa shape index (κ3) is 3.10. The van der Waals surface area contributed by atoms with Crippen molar-refractivity contribution in [3.63, 3.8) is 0 Å². The highest BCUT2D eigenvalue weighted by Gasteiger charge is 2.24. The van der Waals surface area contributed by atoms with E-state index in [0.717, 1.165) is 45.8 Å². The molecule has 1 aliphatic heterocycles. The van der Waals surface area contributed by atoms with Crippen LogP contribution in [0.1, 0.15) is 12.0 Å². The van der Waals surface area contributed by atoms with Crippen LogP contribution in [0.25, 0.3) is 27.4 Å². The lowest BCUT2D eigenvalue weighted by Gasteiger charge is -2.13. The fourth-order valence-corrected chi connectivity index (χ4v) is 5.88. The quantitative estimate of drug-likeness (QED) is 0.479. The maximum atomic E-state index is 13.6. The zero-order valence-electron chi connectivity index (χ0n) is 15.5. The van der Waals surface area contributed by atoms with Crippen LogP contribution in [0.15, 0.2) is 76.4 Å². The highest BCUT2D eigenvalue weighted by molar-refractivity contribution is 9.10. The normalized spacial score (nSPS) is 15.0. The molecule has 0 saturated heterocycles. The first-order chi connectivity index (χ1) is 14.1. The largest absolute Gasteiger partial charge is 0.313 e. The fraction of sp³-hybridized carbons (Fsp3) is 0.136. The van der Waals surface area contributed by atoms with Crippen LogP contribution in [0.5, 0.6) is 0 Å². The van der Waals surface area contributed by atoms with Crippen LogP contribution in [-0.4, -0.2) is 30.5 Å². The molecule has 146 valence electrons. The number of hydrogen-bond acceptors (Lipinski definition) is 4. The summed E-state index contributed by atoms with van der Waals surface area (Å²) >= 11 is 3.38. The number of aromatic nitrogens is 2. The minimum absolute atomic E-state index is 0.246. The minimum atomic E-state index is -3.78. The number of nitrogens with zero attached hydrogens (tertiary/aromatic N) is 2. The van der Waals surface area contributed by atoms with Crippen LogP contribution >= 0.6 is 15.9 Å². The van der Waals surface area contributed by atoms with E-state index in [9.17, 15) is 8.42 Å². The Kier molecular flexibility index (Phi) is 4.53. The van der Waals surface area contributed by atoms with Crippen molar-refractivity contribution in [1.29, 1.82) is 0 Å². The van der Waals surface area contributed by atoms with Gasteiger partial charge in [0.05, 0.1) is 15.9 Å². The monoisotopic (exact) mass is 467 g/mol. The summed E-state index contributed by atoms with van der Waals surface area (Å²) < 4.78 is 29.4. The Morgan fingerprint density at radius 3 is 2.76 bits per heavy atom. The Labute approximate surface area is 177 Å². The second-order valence-electron chi connectivity index (χ2n) is 7.02. The molecule has 7 heteroatoms. The Balaban J connectivity index is 1.87. The first-order valence-electron chi connectivity index (χ1n) is 9.36. The van der Waals surface area contributed by atoms with Gasteiger partial charge in [0.15, 0.2) is 0 Å². The molecule has 1 N–H and O–H groups in total. The van der Waals surface area contributed by atoms with Crippen LogP contribution in [0, 0.1) is 0 Å². The molecule has 4 aromatic rings. The average molecular weight is 468 g/mol. The average Bonchev–Trinajstić information content (AvgIpc) is 3.15. The molecule has 2 aromatic heterocycles. The van der Waals surface area contributed by atoms with E-state index in [0.29, 0.717) is 5.52 Å². The van der Waals surface area contributed by atoms with Crippen molar-refractivity contribution >= 4 is 53.3 Å². The molecule has 0 radical (unpaired) electrons. The zero-order valence-corrected chi connectivity index (χ0v) is 17.9. The van der Waals surface area contributed by atoms with Crippen molar-refractivity contribution in [3.8, 4) is 0 Å². The van der Waals surface area contributed by atoms with Gasteiger partial charge in [-0.15, -0.1) is 0 Å². The molecule has 0 bridgehead atoms. The predicted octanol–water partition coefficient (Wildman–Crippen LogP) is 4.57. The first kappa shape index (κ1) is 18.5. The molecule has 0 spiro atoms. The number of nitrogens with one attached hydrogen (secondary N) is 1. The number of hydrogen-bond donors (Lipinski definition) is 1. The fourth-order valence-electron chi connectivity index (χ4n) is 3.90. The molecule has 3 heterocycles. The van der Waals surface area contributed by atoms with Gasteiger partial charge < -0.3 is 5.32 Å². The summed E-state index contributed by atoms with van der Waals surface area (Å²) in [4.78, 5) is 4.67. The lowest BCUT2D eigenvalue weighted by atomic mass is 9.99. The predicted molar refractivity (Wildman–Crippen MR) is 119 cm³/mol. The molecule has 0 unspecified atom stereocenters. The van der Waals surface area contributed by atoms with Crippen molar-refractivity contribution in [1.82, 2.24) is 14.3 Å². The number of pyridine rings is 1. The molecule has 0 atom stereocenters. The lowest BCUT2D eigenvalue weighted by Crippen LogP contribution is -2.20. The Hall–Kier alpha value is -2.48. The van der Waals surface area contributed by atoms with Gasteiger partial charge in [-0.1, -0.05) is 28.1 Å². The highest BCUT2D eigenvalue weighted by Crippen LogP contribution is 2.36. The molecular weight excluding hydrogens is 450 g/mol. The van der Waals surface area contributed by atoms with Crippen LogP contribution < -0.4 is 5.32 Å². The molecule has 5 nitrogen and oxygen atoms in total. The third-order valence-electron chi connectivity index (χ3n) is 5.28. The number of halogens is 1. The molecular formula is C22H18BrN3O2S. The van der Waals surface area contributed by atoms with Crippen LogP contribution in [-0.2, 0) is 10.0 Å². The molecule has 1 aliphatic rings. The van der Waals surface area contributed by atoms with Crippen molar-refractivity contribution in [2.24, 2.45) is 0 Å². The summed E-state index contributed by atoms with van der Waals surface area (Å²) in [6.45, 7) is 1.67. The number of fused-ring (bicyclic) bond motifs is 3. The summed E-state index contributed by atoms with van der Waals surface area (Å²) in [6.07, 6.45) is 6.49. The van der Waals surface area contributed by atoms with Gasteiger partial charge >= 0.3 is 0 Å². The van der Waals surface area contributed by atoms with Gasteiger partial charge in [-0.2, -0.15) is 0 Å². The number of benzene rings is 2. The van der Waals surface area contributed by atoms with E-state index < -0.39 is 10.0 Å². The van der Waals surface area contributed by atoms with E-state index in [4.69, 9.17) is 0 Å². The van der Waals surface area contributed by atoms with Crippen molar-refractivity contribution in [2.45, 2.75) is 11.3 Å². The molecule has 5 rings (SSSR count). The smallest absolute Gasteiger partial charge is 0.268 e. The van der Waals surface area contributed by atoms with Gasteiger partial charge in [-0.3, -0.25) is 4.98 Å². The maximum absolute atomic E-state index is 13.6. The number of rotatable bonds is 3. The van der Waals surface area contributed by atoms with Crippen molar-refractivity contribution < 1.29 is 8.42 Å². The topological polar surface area (TPSA) is 64.0 Å². The summed E-state index contributed by atoms with van der Waals surface area (Å²) in [7, 11) is -3.78. The SMILES string of the molecule is O=S(=O)(c1cccc(Br)c1)n1cc(C2=CCNCC2)c2ccc3ncccc3c21. The van der Waals surface area contributed by atoms with Gasteiger partial charge in [-0.05, 0) is 61.0 Å². The zero-order chi connectivity index (χ0) is 20.0. The Morgan fingerprint density at radius 2 is 1.97 bits per heavy atom. The second kappa shape index (κ2) is 7.09. The Bertz CT molecular complexity index is 1390. The summed E-state index contributed by atoms with van der Waals surface area (Å²) in [6, 6.07) is 14.5. The van der Waals surface area contributed by atoms with E-state index in [-0.39, 0.29) is 4.90 Å². The van der Waals surface area contributed by atoms with E-state index in [1.54, 1.807) is 30.6 Å². The van der Waals surface area contributed by atoms with E-state index in [1.165, 1.54) is 9.55 Å². The first-order valence-corrected chi connectivity index (χ1v) is 11.6. The lowest BCUT2D eigenvalue weighted by molar-refractivity contribution is 0.589. The molecule has 29 heavy (non-hydrogen) atoms. The maximum Gasteiger partial charge on any atom is 0.268 e. The summed E-state index contributed by atoms with van der Waals surface area (Å²) in [5.41, 5.74) is 3.57. The van der Waals surface area contributed by atoms with Gasteiger partial charge in [0, 0.05) is 39.7 Å². The van der Waals surface area contributed by atoms with E-state index in [2.05, 4.69) is 32.3 Å². The molecule has 0 amide bonds. The van der Waals surface area contributed by atoms with Crippen LogP contribution in [0.3, 0.4) is 0 Å². The molecule has 0 aliphatic carbocycles. The summed E-state index contributed by atoms with van der Waals surface area (Å²) in [5.74, 6) is 0. The standard InChI is InChI=1S/C22H18BrN3O2S/c23-16-3-1-4-17(13-16)29(27,28)26-14-20(15-8-11-24-12-9-15)18-6-7-21-19(22(18)26)5-2-10-25-21/h1-8,10,13-14,24H,9,11-12H2. The minimum Gasteiger partial charge on any atom is -0.313 e. The molecule has 2 aromatic carbocycles. The molecule has 0 fully saturated rings. The van der Waals surface area contributed by atoms with Crippen LogP contribution in [0.2, 0.25) is 0 Å². The van der Waals surface area contributed by atoms with Gasteiger partial charge in [0.1, 0.15) is 0 Å². The second-order valence-corrected chi connectivity index (χ2v) is 9.75. The van der Waals surface area contributed by atoms with Gasteiger partial charge in [0.25, 0.3) is 10.0 Å². The summed E-state index contributed by atoms with van der Waals surface area (Å²) in [5, 5.41) is 5.07. The molecule has 0 saturated carbocycles. The van der Waals surface area contributed by atoms with E-state index >= 15 is 0 Å². The van der Waals surface area contributed by atoms with Crippen molar-refractivity contribution in [3.05, 3.63) is 77.0 Å². The van der Waals surface area contributed by atoms with Gasteiger partial charge in [-0.25, -0.2) is 12.4 Å². The van der Waals surface area contributed by atoms with E-state index in [1.807, 2.05) is 30.3 Å². The Morgan fingerprint density at radius 1 is 1.07 bits per heavy atom. The third-order valence-corrected chi connectivity index (χ3v) is 7.43. The highest BCUT2D eigenvalue weighted by atomic mass is 79.9. The van der Waals surface area contributed by atoms with Gasteiger partial charge in [0.2, 0.25) is 0 Å². The van der Waals surface area contributed by atoms with Crippen LogP contribution in [0.4, 0.5) is 0 Å². The van der Waals surface area contributed by atoms with Crippen molar-refractivity contribution in [2.75, 3.05) is 13.1 Å².